The molecule has 3 N–H and O–H groups in total. The van der Waals surface area contributed by atoms with Crippen molar-refractivity contribution in [2.24, 2.45) is 0 Å². The molecule has 3 amide bonds. The molecule has 2 aromatic rings. The van der Waals surface area contributed by atoms with Crippen molar-refractivity contribution in [1.82, 2.24) is 15.1 Å². The number of carbonyl (C=O) groups is 2. The number of nitrogens with one attached hydrogen (secondary N) is 2. The van der Waals surface area contributed by atoms with E-state index in [2.05, 4.69) is 10.6 Å². The predicted molar refractivity (Wildman–Crippen MR) is 131 cm³/mol. The Bertz CT molecular complexity index is 1230. The van der Waals surface area contributed by atoms with E-state index < -0.39 is 41.3 Å². The van der Waals surface area contributed by atoms with E-state index in [1.165, 1.54) is 17.0 Å². The molecule has 0 unspecified atom stereocenters. The third-order valence-corrected chi connectivity index (χ3v) is 6.99. The number of anilines is 1. The van der Waals surface area contributed by atoms with Crippen molar-refractivity contribution >= 4 is 17.6 Å². The van der Waals surface area contributed by atoms with Crippen molar-refractivity contribution in [3.8, 4) is 0 Å². The summed E-state index contributed by atoms with van der Waals surface area (Å²) in [6, 6.07) is 6.27. The van der Waals surface area contributed by atoms with Gasteiger partial charge in [0.05, 0.1) is 18.3 Å². The first-order valence-corrected chi connectivity index (χ1v) is 12.6. The van der Waals surface area contributed by atoms with Crippen LogP contribution >= 0.6 is 0 Å². The van der Waals surface area contributed by atoms with Gasteiger partial charge in [-0.15, -0.1) is 0 Å². The van der Waals surface area contributed by atoms with Gasteiger partial charge in [-0.2, -0.15) is 26.3 Å². The molecule has 2 saturated heterocycles. The minimum Gasteiger partial charge on any atom is -0.379 e. The number of nitrogens with zero attached hydrogens (tertiary/aromatic N) is 2. The number of hydrogen-bond donors (Lipinski definition) is 3. The van der Waals surface area contributed by atoms with Crippen molar-refractivity contribution in [3.63, 3.8) is 0 Å². The molecule has 0 aliphatic carbocycles. The van der Waals surface area contributed by atoms with Crippen LogP contribution in [0.3, 0.4) is 0 Å². The van der Waals surface area contributed by atoms with Crippen molar-refractivity contribution < 1.29 is 50.2 Å². The summed E-state index contributed by atoms with van der Waals surface area (Å²) in [6.07, 6.45) is -11.3. The van der Waals surface area contributed by atoms with Crippen LogP contribution in [0.2, 0.25) is 0 Å². The molecule has 0 spiro atoms. The monoisotopic (exact) mass is 592 g/mol. The summed E-state index contributed by atoms with van der Waals surface area (Å²) < 4.78 is 98.3. The second-order valence-electron chi connectivity index (χ2n) is 9.82. The highest BCUT2D eigenvalue weighted by molar-refractivity contribution is 5.95. The summed E-state index contributed by atoms with van der Waals surface area (Å²) in [5.74, 6) is -1.23. The molecule has 4 rings (SSSR count). The highest BCUT2D eigenvalue weighted by atomic mass is 19.4. The zero-order chi connectivity index (χ0) is 30.0. The number of aliphatic hydroxyl groups is 1. The van der Waals surface area contributed by atoms with Crippen LogP contribution in [0.25, 0.3) is 0 Å². The van der Waals surface area contributed by atoms with E-state index in [0.29, 0.717) is 50.4 Å². The fourth-order valence-electron chi connectivity index (χ4n) is 4.63. The van der Waals surface area contributed by atoms with E-state index in [4.69, 9.17) is 4.74 Å². The molecule has 0 aromatic heterocycles. The Morgan fingerprint density at radius 2 is 1.59 bits per heavy atom. The smallest absolute Gasteiger partial charge is 0.379 e. The molecular formula is C26H27F7N4O4. The Morgan fingerprint density at radius 1 is 0.951 bits per heavy atom. The number of carbonyl (C=O) groups excluding carboxylic acids is 2. The van der Waals surface area contributed by atoms with Crippen LogP contribution in [0.15, 0.2) is 42.5 Å². The van der Waals surface area contributed by atoms with Crippen molar-refractivity contribution in [2.45, 2.75) is 37.0 Å². The quantitative estimate of drug-likeness (QED) is 0.441. The minimum absolute atomic E-state index is 0.0727. The second kappa shape index (κ2) is 11.8. The van der Waals surface area contributed by atoms with Crippen molar-refractivity contribution in [1.29, 1.82) is 0 Å². The fraction of sp³-hybridized carbons (Fsp3) is 0.462. The molecule has 0 bridgehead atoms. The highest BCUT2D eigenvalue weighted by Crippen LogP contribution is 2.50. The summed E-state index contributed by atoms with van der Waals surface area (Å²) in [7, 11) is 0. The average Bonchev–Trinajstić information content (AvgIpc) is 3.41. The fourth-order valence-corrected chi connectivity index (χ4v) is 4.63. The Labute approximate surface area is 230 Å². The summed E-state index contributed by atoms with van der Waals surface area (Å²) in [5.41, 5.74) is -5.94. The number of halogens is 7. The summed E-state index contributed by atoms with van der Waals surface area (Å²) >= 11 is 0. The van der Waals surface area contributed by atoms with Gasteiger partial charge in [0, 0.05) is 50.5 Å². The molecule has 224 valence electrons. The zero-order valence-electron chi connectivity index (χ0n) is 21.5. The molecular weight excluding hydrogens is 565 g/mol. The van der Waals surface area contributed by atoms with Crippen LogP contribution < -0.4 is 10.6 Å². The zero-order valence-corrected chi connectivity index (χ0v) is 21.5. The van der Waals surface area contributed by atoms with Gasteiger partial charge in [-0.3, -0.25) is 9.69 Å². The lowest BCUT2D eigenvalue weighted by atomic mass is 9.91. The molecule has 2 fully saturated rings. The van der Waals surface area contributed by atoms with Gasteiger partial charge in [0.25, 0.3) is 11.5 Å². The third kappa shape index (κ3) is 6.73. The number of piperazine rings is 1. The lowest BCUT2D eigenvalue weighted by Gasteiger charge is -2.35. The lowest BCUT2D eigenvalue weighted by molar-refractivity contribution is -0.376. The number of amides is 3. The van der Waals surface area contributed by atoms with Crippen LogP contribution in [0, 0.1) is 5.82 Å². The molecule has 1 atom stereocenters. The first-order valence-electron chi connectivity index (χ1n) is 12.6. The molecule has 15 heteroatoms. The molecule has 2 aliphatic rings. The summed E-state index contributed by atoms with van der Waals surface area (Å²) in [4.78, 5) is 28.3. The van der Waals surface area contributed by atoms with Crippen LogP contribution in [0.4, 0.5) is 41.2 Å². The lowest BCUT2D eigenvalue weighted by Crippen LogP contribution is -2.53. The molecule has 0 saturated carbocycles. The van der Waals surface area contributed by atoms with E-state index in [-0.39, 0.29) is 36.9 Å². The van der Waals surface area contributed by atoms with Crippen LogP contribution in [0.1, 0.15) is 27.9 Å². The Hall–Kier alpha value is -3.43. The molecule has 2 aromatic carbocycles. The number of rotatable bonds is 6. The second-order valence-corrected chi connectivity index (χ2v) is 9.82. The Kier molecular flexibility index (Phi) is 8.80. The van der Waals surface area contributed by atoms with E-state index in [9.17, 15) is 45.4 Å². The Morgan fingerprint density at radius 3 is 2.12 bits per heavy atom. The minimum atomic E-state index is -5.96. The average molecular weight is 593 g/mol. The van der Waals surface area contributed by atoms with Gasteiger partial charge in [-0.25, -0.2) is 9.18 Å². The van der Waals surface area contributed by atoms with Gasteiger partial charge in [-0.1, -0.05) is 24.3 Å². The van der Waals surface area contributed by atoms with Crippen molar-refractivity contribution in [3.05, 3.63) is 65.0 Å². The van der Waals surface area contributed by atoms with Crippen LogP contribution in [0.5, 0.6) is 0 Å². The van der Waals surface area contributed by atoms with E-state index in [1.807, 2.05) is 4.90 Å². The molecule has 2 aliphatic heterocycles. The third-order valence-electron chi connectivity index (χ3n) is 6.99. The number of urea groups is 1. The number of benzene rings is 2. The van der Waals surface area contributed by atoms with E-state index in [0.717, 1.165) is 18.2 Å². The van der Waals surface area contributed by atoms with Crippen LogP contribution in [-0.4, -0.2) is 84.6 Å². The predicted octanol–water partition coefficient (Wildman–Crippen LogP) is 4.01. The molecule has 8 nitrogen and oxygen atoms in total. The highest BCUT2D eigenvalue weighted by Gasteiger charge is 2.71. The summed E-state index contributed by atoms with van der Waals surface area (Å²) in [6.45, 7) is 2.25. The van der Waals surface area contributed by atoms with Gasteiger partial charge < -0.3 is 25.4 Å². The van der Waals surface area contributed by atoms with Crippen LogP contribution in [-0.2, 0) is 16.9 Å². The first-order chi connectivity index (χ1) is 19.2. The molecule has 0 radical (unpaired) electrons. The van der Waals surface area contributed by atoms with Gasteiger partial charge in [0.1, 0.15) is 5.82 Å². The Balaban J connectivity index is 1.31. The number of alkyl halides is 6. The van der Waals surface area contributed by atoms with Gasteiger partial charge in [-0.05, 0) is 30.2 Å². The normalized spacial score (nSPS) is 18.8. The number of hydrogen-bond acceptors (Lipinski definition) is 5. The molecule has 2 heterocycles. The van der Waals surface area contributed by atoms with Gasteiger partial charge >= 0.3 is 18.4 Å². The summed E-state index contributed by atoms with van der Waals surface area (Å²) in [5, 5.41) is 14.6. The first kappa shape index (κ1) is 30.5. The largest absolute Gasteiger partial charge is 0.430 e. The molecule has 41 heavy (non-hydrogen) atoms. The van der Waals surface area contributed by atoms with E-state index in [1.54, 1.807) is 0 Å². The topological polar surface area (TPSA) is 94.1 Å². The van der Waals surface area contributed by atoms with Gasteiger partial charge in [0.15, 0.2) is 0 Å². The van der Waals surface area contributed by atoms with E-state index >= 15 is 0 Å². The SMILES string of the molecule is O=C(Nc1ccc(C(=O)N2CCN(Cc3ccc(C(O)(C(F)(F)F)C(F)(F)F)cc3)CC2)cc1F)N[C@H]1CCOC1. The maximum absolute atomic E-state index is 14.6. The number of ether oxygens (including phenoxy) is 1. The van der Waals surface area contributed by atoms with Gasteiger partial charge in [0.2, 0.25) is 0 Å². The van der Waals surface area contributed by atoms with Crippen molar-refractivity contribution in [2.75, 3.05) is 44.7 Å². The standard InChI is InChI=1S/C26H27F7N4O4/c27-20-13-17(3-6-21(20)35-23(39)34-19-7-12-41-15-19)22(38)37-10-8-36(9-11-37)14-16-1-4-18(5-2-16)24(40,25(28,29)30)26(31,32)33/h1-6,13,19,40H,7-12,14-15H2,(H2,34,35,39)/t19-/m0/s1. The maximum atomic E-state index is 14.6. The maximum Gasteiger partial charge on any atom is 0.430 e.